The largest absolute Gasteiger partial charge is 0.412 e. The zero-order valence-corrected chi connectivity index (χ0v) is 10.2. The van der Waals surface area contributed by atoms with Gasteiger partial charge >= 0.3 is 0 Å². The fourth-order valence-corrected chi connectivity index (χ4v) is 0. The molecule has 0 saturated heterocycles. The average Bonchev–Trinajstić information content (AvgIpc) is 0. The third-order valence-corrected chi connectivity index (χ3v) is 0. The number of rotatable bonds is 0. The van der Waals surface area contributed by atoms with Gasteiger partial charge in [-0.2, -0.15) is 0 Å². The summed E-state index contributed by atoms with van der Waals surface area (Å²) in [7, 11) is 0. The third-order valence-electron chi connectivity index (χ3n) is 0. The molecular formula is H10F2O4Zn2. The molecule has 0 radical (unpaired) electrons. The van der Waals surface area contributed by atoms with E-state index in [1.54, 1.807) is 0 Å². The average molecular weight is 243 g/mol. The van der Waals surface area contributed by atoms with E-state index in [9.17, 15) is 0 Å². The smallest absolute Gasteiger partial charge is 0 e. The molecule has 0 atom stereocenters. The van der Waals surface area contributed by atoms with Crippen LogP contribution < -0.4 is 0 Å². The Morgan fingerprint density at radius 1 is 0.375 bits per heavy atom. The van der Waals surface area contributed by atoms with Crippen LogP contribution in [0.15, 0.2) is 0 Å². The first-order chi connectivity index (χ1) is 0. The van der Waals surface area contributed by atoms with Gasteiger partial charge in [-0.1, -0.05) is 0 Å². The maximum atomic E-state index is 0. The van der Waals surface area contributed by atoms with Gasteiger partial charge in [-0.3, -0.25) is 9.41 Å². The van der Waals surface area contributed by atoms with Crippen LogP contribution >= 0.6 is 0 Å². The Kier molecular flexibility index (Phi) is 33700. The van der Waals surface area contributed by atoms with Gasteiger partial charge in [-0.15, -0.1) is 0 Å². The molecule has 0 aliphatic carbocycles. The fraction of sp³-hybridized carbons (Fsp3) is 0. The molecule has 0 saturated carbocycles. The molecule has 0 aliphatic heterocycles. The summed E-state index contributed by atoms with van der Waals surface area (Å²) >= 11 is 0. The van der Waals surface area contributed by atoms with Crippen molar-refractivity contribution >= 4 is 0 Å². The zero-order valence-electron chi connectivity index (χ0n) is 4.23. The fourth-order valence-electron chi connectivity index (χ4n) is 0. The van der Waals surface area contributed by atoms with Crippen molar-refractivity contribution in [2.75, 3.05) is 0 Å². The molecule has 4 nitrogen and oxygen atoms in total. The molecule has 0 heterocycles. The molecule has 0 unspecified atom stereocenters. The van der Waals surface area contributed by atoms with E-state index >= 15 is 0 Å². The van der Waals surface area contributed by atoms with Crippen LogP contribution in [0.25, 0.3) is 0 Å². The zero-order chi connectivity index (χ0) is 0. The van der Waals surface area contributed by atoms with Gasteiger partial charge in [0.1, 0.15) is 0 Å². The molecule has 0 rings (SSSR count). The standard InChI is InChI=1S/2FH.4H2O.2Zn/h2*1H;4*1H2;;. The molecule has 0 bridgehead atoms. The van der Waals surface area contributed by atoms with Crippen LogP contribution in [0.1, 0.15) is 0 Å². The van der Waals surface area contributed by atoms with Crippen molar-refractivity contribution in [2.24, 2.45) is 0 Å². The molecule has 0 amide bonds. The maximum absolute atomic E-state index is 0. The molecule has 0 aromatic heterocycles. The van der Waals surface area contributed by atoms with Crippen LogP contribution in [0.2, 0.25) is 0 Å². The minimum atomic E-state index is 0. The summed E-state index contributed by atoms with van der Waals surface area (Å²) in [4.78, 5) is 0. The summed E-state index contributed by atoms with van der Waals surface area (Å²) in [5.41, 5.74) is 0. The van der Waals surface area contributed by atoms with Crippen LogP contribution in [-0.4, -0.2) is 21.9 Å². The number of hydrogen-bond donors (Lipinski definition) is 0. The molecule has 0 aromatic carbocycles. The summed E-state index contributed by atoms with van der Waals surface area (Å²) < 4.78 is 0. The monoisotopic (exact) mass is 240 g/mol. The van der Waals surface area contributed by atoms with Gasteiger partial charge in [0.05, 0.1) is 0 Å². The predicted molar refractivity (Wildman–Crippen MR) is 19.5 cm³/mol. The van der Waals surface area contributed by atoms with Crippen molar-refractivity contribution in [3.05, 3.63) is 0 Å². The molecule has 0 aromatic rings. The van der Waals surface area contributed by atoms with E-state index in [1.165, 1.54) is 0 Å². The van der Waals surface area contributed by atoms with Crippen LogP contribution in [0.3, 0.4) is 0 Å². The Morgan fingerprint density at radius 3 is 0.375 bits per heavy atom. The first kappa shape index (κ1) is 630. The molecule has 0 spiro atoms. The van der Waals surface area contributed by atoms with Crippen molar-refractivity contribution in [3.8, 4) is 0 Å². The van der Waals surface area contributed by atoms with Crippen molar-refractivity contribution in [1.29, 1.82) is 0 Å². The van der Waals surface area contributed by atoms with E-state index in [0.717, 1.165) is 0 Å². The van der Waals surface area contributed by atoms with Gasteiger partial charge in [0, 0.05) is 39.0 Å². The topological polar surface area (TPSA) is 126 Å². The Labute approximate surface area is 70.5 Å². The van der Waals surface area contributed by atoms with Crippen LogP contribution in [0.4, 0.5) is 9.41 Å². The van der Waals surface area contributed by atoms with E-state index in [-0.39, 0.29) is 70.3 Å². The van der Waals surface area contributed by atoms with Gasteiger partial charge in [-0.25, -0.2) is 0 Å². The molecule has 8 heteroatoms. The van der Waals surface area contributed by atoms with Crippen LogP contribution in [0, 0.1) is 0 Å². The Bertz CT molecular complexity index is 12.0. The summed E-state index contributed by atoms with van der Waals surface area (Å²) in [6.07, 6.45) is 0. The molecule has 52 valence electrons. The van der Waals surface area contributed by atoms with Crippen molar-refractivity contribution in [3.63, 3.8) is 0 Å². The van der Waals surface area contributed by atoms with Crippen molar-refractivity contribution in [2.45, 2.75) is 0 Å². The van der Waals surface area contributed by atoms with E-state index in [1.807, 2.05) is 0 Å². The van der Waals surface area contributed by atoms with Gasteiger partial charge in [-0.05, 0) is 0 Å². The summed E-state index contributed by atoms with van der Waals surface area (Å²) in [6, 6.07) is 0. The molecule has 8 N–H and O–H groups in total. The Hall–Kier alpha value is 0.947. The molecule has 8 heavy (non-hydrogen) atoms. The summed E-state index contributed by atoms with van der Waals surface area (Å²) in [5, 5.41) is 0. The minimum Gasteiger partial charge on any atom is -0.412 e. The van der Waals surface area contributed by atoms with E-state index in [2.05, 4.69) is 0 Å². The predicted octanol–water partition coefficient (Wildman–Crippen LogP) is -3.00. The molecular weight excluding hydrogens is 233 g/mol. The number of halogens is 2. The first-order valence-corrected chi connectivity index (χ1v) is 0. The summed E-state index contributed by atoms with van der Waals surface area (Å²) in [6.45, 7) is 0. The van der Waals surface area contributed by atoms with Gasteiger partial charge in [0.2, 0.25) is 0 Å². The van der Waals surface area contributed by atoms with Crippen LogP contribution in [-0.2, 0) is 39.0 Å². The molecule has 0 aliphatic rings. The van der Waals surface area contributed by atoms with E-state index in [0.29, 0.717) is 0 Å². The Balaban J connectivity index is 0. The Morgan fingerprint density at radius 2 is 0.375 bits per heavy atom. The van der Waals surface area contributed by atoms with Gasteiger partial charge in [0.25, 0.3) is 0 Å². The maximum Gasteiger partial charge on any atom is 0 e. The number of hydrogen-bond acceptors (Lipinski definition) is 0. The SMILES string of the molecule is F.F.O.O.O.O.[Zn].[Zn]. The van der Waals surface area contributed by atoms with Gasteiger partial charge in [0.15, 0.2) is 0 Å². The third kappa shape index (κ3) is 274. The van der Waals surface area contributed by atoms with E-state index < -0.39 is 0 Å². The second kappa shape index (κ2) is 428. The summed E-state index contributed by atoms with van der Waals surface area (Å²) in [5.74, 6) is 0. The van der Waals surface area contributed by atoms with Crippen LogP contribution in [0.5, 0.6) is 0 Å². The second-order valence-electron chi connectivity index (χ2n) is 0. The second-order valence-corrected chi connectivity index (χ2v) is 0. The quantitative estimate of drug-likeness (QED) is 0.402. The normalized spacial score (nSPS) is 0. The van der Waals surface area contributed by atoms with Crippen molar-refractivity contribution < 1.29 is 70.3 Å². The van der Waals surface area contributed by atoms with Crippen molar-refractivity contribution in [1.82, 2.24) is 0 Å². The molecule has 0 fully saturated rings. The van der Waals surface area contributed by atoms with Gasteiger partial charge < -0.3 is 21.9 Å². The minimum absolute atomic E-state index is 0. The van der Waals surface area contributed by atoms with E-state index in [4.69, 9.17) is 0 Å². The first-order valence-electron chi connectivity index (χ1n) is 0.